The number of hydrogen-bond donors (Lipinski definition) is 2. The van der Waals surface area contributed by atoms with Crippen molar-refractivity contribution in [1.29, 1.82) is 0 Å². The first-order valence-corrected chi connectivity index (χ1v) is 10.6. The van der Waals surface area contributed by atoms with Crippen LogP contribution in [0.25, 0.3) is 0 Å². The molecule has 1 aliphatic carbocycles. The maximum Gasteiger partial charge on any atom is 0.276 e. The van der Waals surface area contributed by atoms with Gasteiger partial charge < -0.3 is 5.32 Å². The highest BCUT2D eigenvalue weighted by Crippen LogP contribution is 2.26. The standard InChI is InChI=1S/C18H22N4O3S/c23-18(17-15-5-1-2-6-16(15)20-21-17)19-13-7-9-14(10-8-13)22-11-3-4-12-26(22,24)25/h7-10H,1-6,11-12H2,(H,19,23)(H,20,21). The van der Waals surface area contributed by atoms with Crippen molar-refractivity contribution in [3.8, 4) is 0 Å². The van der Waals surface area contributed by atoms with Crippen LogP contribution in [0.1, 0.15) is 47.4 Å². The number of aromatic nitrogens is 2. The Morgan fingerprint density at radius 2 is 1.85 bits per heavy atom. The fraction of sp³-hybridized carbons (Fsp3) is 0.444. The van der Waals surface area contributed by atoms with Gasteiger partial charge in [-0.2, -0.15) is 5.10 Å². The van der Waals surface area contributed by atoms with E-state index in [1.165, 1.54) is 4.31 Å². The minimum Gasteiger partial charge on any atom is -0.321 e. The molecule has 2 aromatic rings. The van der Waals surface area contributed by atoms with E-state index in [0.717, 1.165) is 43.4 Å². The lowest BCUT2D eigenvalue weighted by Crippen LogP contribution is -2.37. The minimum atomic E-state index is -3.23. The first-order chi connectivity index (χ1) is 12.5. The highest BCUT2D eigenvalue weighted by Gasteiger charge is 2.26. The molecule has 26 heavy (non-hydrogen) atoms. The number of carbonyl (C=O) groups excluding carboxylic acids is 1. The number of aromatic amines is 1. The summed E-state index contributed by atoms with van der Waals surface area (Å²) in [5, 5.41) is 10.0. The van der Waals surface area contributed by atoms with Gasteiger partial charge in [0.05, 0.1) is 11.4 Å². The molecule has 1 saturated heterocycles. The van der Waals surface area contributed by atoms with E-state index in [1.807, 2.05) is 0 Å². The average molecular weight is 374 g/mol. The first-order valence-electron chi connectivity index (χ1n) is 9.02. The molecule has 0 unspecified atom stereocenters. The van der Waals surface area contributed by atoms with Crippen molar-refractivity contribution in [2.24, 2.45) is 0 Å². The molecule has 1 amide bonds. The van der Waals surface area contributed by atoms with Gasteiger partial charge in [0.25, 0.3) is 5.91 Å². The number of rotatable bonds is 3. The molecule has 0 radical (unpaired) electrons. The number of nitrogens with zero attached hydrogens (tertiary/aromatic N) is 2. The second-order valence-electron chi connectivity index (χ2n) is 6.83. The second-order valence-corrected chi connectivity index (χ2v) is 8.85. The van der Waals surface area contributed by atoms with Crippen LogP contribution < -0.4 is 9.62 Å². The van der Waals surface area contributed by atoms with Gasteiger partial charge in [0, 0.05) is 23.5 Å². The summed E-state index contributed by atoms with van der Waals surface area (Å²) in [7, 11) is -3.23. The van der Waals surface area contributed by atoms with Crippen molar-refractivity contribution in [1.82, 2.24) is 10.2 Å². The van der Waals surface area contributed by atoms with E-state index in [-0.39, 0.29) is 11.7 Å². The van der Waals surface area contributed by atoms with Gasteiger partial charge in [-0.1, -0.05) is 0 Å². The predicted octanol–water partition coefficient (Wildman–Crippen LogP) is 2.47. The lowest BCUT2D eigenvalue weighted by Gasteiger charge is -2.28. The molecule has 7 nitrogen and oxygen atoms in total. The third kappa shape index (κ3) is 3.21. The van der Waals surface area contributed by atoms with Crippen LogP contribution in [0.2, 0.25) is 0 Å². The van der Waals surface area contributed by atoms with E-state index < -0.39 is 10.0 Å². The topological polar surface area (TPSA) is 95.2 Å². The Morgan fingerprint density at radius 1 is 1.08 bits per heavy atom. The number of carbonyl (C=O) groups is 1. The van der Waals surface area contributed by atoms with Crippen LogP contribution in [0.3, 0.4) is 0 Å². The number of nitrogens with one attached hydrogen (secondary N) is 2. The van der Waals surface area contributed by atoms with Crippen molar-refractivity contribution >= 4 is 27.3 Å². The molecule has 0 atom stereocenters. The Bertz CT molecular complexity index is 918. The highest BCUT2D eigenvalue weighted by atomic mass is 32.2. The van der Waals surface area contributed by atoms with Crippen LogP contribution in [-0.2, 0) is 22.9 Å². The maximum absolute atomic E-state index is 12.5. The van der Waals surface area contributed by atoms with Gasteiger partial charge in [-0.3, -0.25) is 14.2 Å². The van der Waals surface area contributed by atoms with E-state index in [4.69, 9.17) is 0 Å². The van der Waals surface area contributed by atoms with Crippen molar-refractivity contribution < 1.29 is 13.2 Å². The van der Waals surface area contributed by atoms with Crippen LogP contribution in [-0.4, -0.2) is 36.8 Å². The van der Waals surface area contributed by atoms with Gasteiger partial charge in [-0.05, 0) is 62.8 Å². The average Bonchev–Trinajstić information content (AvgIpc) is 3.06. The summed E-state index contributed by atoms with van der Waals surface area (Å²) in [5.74, 6) is -0.0433. The number of amides is 1. The van der Waals surface area contributed by atoms with Crippen LogP contribution in [0.4, 0.5) is 11.4 Å². The Morgan fingerprint density at radius 3 is 2.62 bits per heavy atom. The molecule has 1 fully saturated rings. The third-order valence-electron chi connectivity index (χ3n) is 5.03. The van der Waals surface area contributed by atoms with E-state index >= 15 is 0 Å². The summed E-state index contributed by atoms with van der Waals surface area (Å²) in [6.45, 7) is 0.507. The largest absolute Gasteiger partial charge is 0.321 e. The molecule has 138 valence electrons. The highest BCUT2D eigenvalue weighted by molar-refractivity contribution is 7.92. The van der Waals surface area contributed by atoms with Crippen molar-refractivity contribution in [2.45, 2.75) is 38.5 Å². The first kappa shape index (κ1) is 17.1. The Labute approximate surface area is 152 Å². The number of hydrogen-bond acceptors (Lipinski definition) is 4. The zero-order chi connectivity index (χ0) is 18.1. The Kier molecular flexibility index (Phi) is 4.44. The minimum absolute atomic E-state index is 0.190. The van der Waals surface area contributed by atoms with E-state index in [2.05, 4.69) is 15.5 Å². The fourth-order valence-corrected chi connectivity index (χ4v) is 5.29. The lowest BCUT2D eigenvalue weighted by molar-refractivity contribution is 0.102. The normalized spacial score (nSPS) is 19.0. The molecule has 2 N–H and O–H groups in total. The number of aryl methyl sites for hydroxylation is 1. The molecular formula is C18H22N4O3S. The maximum atomic E-state index is 12.5. The van der Waals surface area contributed by atoms with E-state index in [0.29, 0.717) is 30.0 Å². The molecule has 0 bridgehead atoms. The number of benzene rings is 1. The summed E-state index contributed by atoms with van der Waals surface area (Å²) < 4.78 is 25.8. The molecule has 4 rings (SSSR count). The SMILES string of the molecule is O=C(Nc1ccc(N2CCCCS2(=O)=O)cc1)c1n[nH]c2c1CCCC2. The molecule has 2 aliphatic rings. The van der Waals surface area contributed by atoms with Gasteiger partial charge in [0.1, 0.15) is 0 Å². The zero-order valence-corrected chi connectivity index (χ0v) is 15.3. The number of anilines is 2. The molecular weight excluding hydrogens is 352 g/mol. The van der Waals surface area contributed by atoms with Crippen LogP contribution >= 0.6 is 0 Å². The smallest absolute Gasteiger partial charge is 0.276 e. The molecule has 2 heterocycles. The lowest BCUT2D eigenvalue weighted by atomic mass is 9.96. The molecule has 1 aromatic carbocycles. The molecule has 8 heteroatoms. The predicted molar refractivity (Wildman–Crippen MR) is 100.0 cm³/mol. The summed E-state index contributed by atoms with van der Waals surface area (Å²) in [6.07, 6.45) is 5.58. The number of fused-ring (bicyclic) bond motifs is 1. The van der Waals surface area contributed by atoms with E-state index in [9.17, 15) is 13.2 Å². The van der Waals surface area contributed by atoms with Gasteiger partial charge >= 0.3 is 0 Å². The van der Waals surface area contributed by atoms with Crippen LogP contribution in [0.5, 0.6) is 0 Å². The quantitative estimate of drug-likeness (QED) is 0.863. The zero-order valence-electron chi connectivity index (χ0n) is 14.5. The van der Waals surface area contributed by atoms with Crippen molar-refractivity contribution in [3.63, 3.8) is 0 Å². The van der Waals surface area contributed by atoms with Gasteiger partial charge in [0.2, 0.25) is 10.0 Å². The van der Waals surface area contributed by atoms with Crippen molar-refractivity contribution in [3.05, 3.63) is 41.2 Å². The second kappa shape index (κ2) is 6.75. The summed E-state index contributed by atoms with van der Waals surface area (Å²) in [6, 6.07) is 6.93. The molecule has 1 aliphatic heterocycles. The molecule has 1 aromatic heterocycles. The summed E-state index contributed by atoms with van der Waals surface area (Å²) >= 11 is 0. The fourth-order valence-electron chi connectivity index (χ4n) is 3.65. The summed E-state index contributed by atoms with van der Waals surface area (Å²) in [5.41, 5.74) is 3.81. The molecule has 0 spiro atoms. The summed E-state index contributed by atoms with van der Waals surface area (Å²) in [4.78, 5) is 12.5. The third-order valence-corrected chi connectivity index (χ3v) is 6.90. The van der Waals surface area contributed by atoms with Crippen LogP contribution in [0, 0.1) is 0 Å². The monoisotopic (exact) mass is 374 g/mol. The van der Waals surface area contributed by atoms with Crippen molar-refractivity contribution in [2.75, 3.05) is 21.9 Å². The number of H-pyrrole nitrogens is 1. The number of sulfonamides is 1. The Balaban J connectivity index is 1.49. The van der Waals surface area contributed by atoms with Gasteiger partial charge in [-0.25, -0.2) is 8.42 Å². The van der Waals surface area contributed by atoms with E-state index in [1.54, 1.807) is 24.3 Å². The molecule has 0 saturated carbocycles. The van der Waals surface area contributed by atoms with Gasteiger partial charge in [-0.15, -0.1) is 0 Å². The van der Waals surface area contributed by atoms with Gasteiger partial charge in [0.15, 0.2) is 5.69 Å². The van der Waals surface area contributed by atoms with Crippen LogP contribution in [0.15, 0.2) is 24.3 Å². The Hall–Kier alpha value is -2.35.